The molecule has 0 atom stereocenters. The molecule has 1 aromatic heterocycles. The van der Waals surface area contributed by atoms with Crippen LogP contribution in [0.3, 0.4) is 0 Å². The van der Waals surface area contributed by atoms with Gasteiger partial charge in [-0.05, 0) is 38.0 Å². The van der Waals surface area contributed by atoms with E-state index in [0.717, 1.165) is 0 Å². The Hall–Kier alpha value is -2.13. The molecule has 2 aromatic rings. The molecule has 1 fully saturated rings. The number of H-pyrrole nitrogens is 2. The van der Waals surface area contributed by atoms with E-state index < -0.39 is 10.0 Å². The molecule has 0 bridgehead atoms. The van der Waals surface area contributed by atoms with Gasteiger partial charge in [0.15, 0.2) is 0 Å². The molecule has 3 rings (SSSR count). The molecule has 0 saturated carbocycles. The molecule has 1 aromatic carbocycles. The maximum atomic E-state index is 12.7. The lowest BCUT2D eigenvalue weighted by Crippen LogP contribution is -2.40. The zero-order valence-electron chi connectivity index (χ0n) is 13.2. The van der Waals surface area contributed by atoms with E-state index in [2.05, 4.69) is 9.97 Å². The van der Waals surface area contributed by atoms with Gasteiger partial charge in [-0.25, -0.2) is 13.2 Å². The molecule has 0 radical (unpaired) electrons. The van der Waals surface area contributed by atoms with Crippen molar-refractivity contribution in [1.29, 1.82) is 0 Å². The smallest absolute Gasteiger partial charge is 0.323 e. The monoisotopic (exact) mass is 353 g/mol. The maximum absolute atomic E-state index is 12.7. The number of piperidine rings is 1. The zero-order chi connectivity index (χ0) is 17.3. The quantitative estimate of drug-likeness (QED) is 0.790. The van der Waals surface area contributed by atoms with Crippen molar-refractivity contribution in [1.82, 2.24) is 14.3 Å². The van der Waals surface area contributed by atoms with Gasteiger partial charge in [-0.15, -0.1) is 0 Å². The van der Waals surface area contributed by atoms with Crippen LogP contribution in [0.5, 0.6) is 0 Å². The Morgan fingerprint density at radius 2 is 1.92 bits per heavy atom. The Kier molecular flexibility index (Phi) is 4.46. The number of hydrogen-bond donors (Lipinski definition) is 2. The topological polar surface area (TPSA) is 112 Å². The van der Waals surface area contributed by atoms with Crippen molar-refractivity contribution in [2.75, 3.05) is 19.7 Å². The van der Waals surface area contributed by atoms with Gasteiger partial charge in [-0.3, -0.25) is 4.79 Å². The van der Waals surface area contributed by atoms with E-state index in [-0.39, 0.29) is 35.6 Å². The van der Waals surface area contributed by atoms with Gasteiger partial charge >= 0.3 is 11.7 Å². The third-order valence-electron chi connectivity index (χ3n) is 4.20. The first kappa shape index (κ1) is 16.7. The molecule has 0 spiro atoms. The summed E-state index contributed by atoms with van der Waals surface area (Å²) in [5.74, 6) is -0.513. The Labute approximate surface area is 138 Å². The third kappa shape index (κ3) is 3.09. The van der Waals surface area contributed by atoms with Crippen molar-refractivity contribution >= 4 is 27.0 Å². The van der Waals surface area contributed by atoms with Gasteiger partial charge in [0, 0.05) is 13.1 Å². The molecule has 1 aliphatic heterocycles. The number of rotatable bonds is 4. The lowest BCUT2D eigenvalue weighted by Gasteiger charge is -2.30. The zero-order valence-corrected chi connectivity index (χ0v) is 14.1. The van der Waals surface area contributed by atoms with Crippen LogP contribution in [0.4, 0.5) is 0 Å². The van der Waals surface area contributed by atoms with Crippen LogP contribution in [-0.4, -0.2) is 48.4 Å². The standard InChI is InChI=1S/C15H19N3O5S/c1-2-23-14(19)10-5-7-18(8-6-10)24(21,22)11-3-4-12-13(9-11)17-15(20)16-12/h3-4,9-10H,2,5-8H2,1H3,(H2,16,17,20). The molecular formula is C15H19N3O5S. The number of benzene rings is 1. The van der Waals surface area contributed by atoms with Crippen LogP contribution >= 0.6 is 0 Å². The molecule has 1 aliphatic rings. The molecule has 0 aliphatic carbocycles. The summed E-state index contributed by atoms with van der Waals surface area (Å²) in [6.45, 7) is 2.62. The molecule has 2 N–H and O–H groups in total. The molecule has 130 valence electrons. The number of nitrogens with one attached hydrogen (secondary N) is 2. The highest BCUT2D eigenvalue weighted by molar-refractivity contribution is 7.89. The van der Waals surface area contributed by atoms with Gasteiger partial charge in [0.25, 0.3) is 0 Å². The fourth-order valence-electron chi connectivity index (χ4n) is 2.91. The van der Waals surface area contributed by atoms with Gasteiger partial charge in [0.05, 0.1) is 28.5 Å². The van der Waals surface area contributed by atoms with E-state index in [1.165, 1.54) is 16.4 Å². The van der Waals surface area contributed by atoms with Crippen molar-refractivity contribution in [3.8, 4) is 0 Å². The summed E-state index contributed by atoms with van der Waals surface area (Å²) in [4.78, 5) is 28.3. The Bertz CT molecular complexity index is 907. The predicted octanol–water partition coefficient (Wildman–Crippen LogP) is 0.820. The minimum atomic E-state index is -3.66. The SMILES string of the molecule is CCOC(=O)C1CCN(S(=O)(=O)c2ccc3[nH]c(=O)[nH]c3c2)CC1. The first-order chi connectivity index (χ1) is 11.4. The van der Waals surface area contributed by atoms with E-state index in [1.54, 1.807) is 13.0 Å². The van der Waals surface area contributed by atoms with E-state index in [1.807, 2.05) is 0 Å². The van der Waals surface area contributed by atoms with Crippen LogP contribution in [0.25, 0.3) is 11.0 Å². The highest BCUT2D eigenvalue weighted by Crippen LogP contribution is 2.25. The average molecular weight is 353 g/mol. The van der Waals surface area contributed by atoms with E-state index >= 15 is 0 Å². The maximum Gasteiger partial charge on any atom is 0.323 e. The van der Waals surface area contributed by atoms with Crippen LogP contribution in [-0.2, 0) is 19.6 Å². The largest absolute Gasteiger partial charge is 0.466 e. The third-order valence-corrected chi connectivity index (χ3v) is 6.09. The molecule has 2 heterocycles. The number of sulfonamides is 1. The van der Waals surface area contributed by atoms with Crippen molar-refractivity contribution in [2.24, 2.45) is 5.92 Å². The van der Waals surface area contributed by atoms with Crippen molar-refractivity contribution in [3.05, 3.63) is 28.7 Å². The Balaban J connectivity index is 1.78. The van der Waals surface area contributed by atoms with Crippen molar-refractivity contribution < 1.29 is 17.9 Å². The molecule has 1 saturated heterocycles. The number of ether oxygens (including phenoxy) is 1. The van der Waals surface area contributed by atoms with Crippen LogP contribution in [0.1, 0.15) is 19.8 Å². The fourth-order valence-corrected chi connectivity index (χ4v) is 4.41. The number of fused-ring (bicyclic) bond motifs is 1. The summed E-state index contributed by atoms with van der Waals surface area (Å²) in [6, 6.07) is 4.48. The summed E-state index contributed by atoms with van der Waals surface area (Å²) in [7, 11) is -3.66. The number of esters is 1. The second kappa shape index (κ2) is 6.40. The lowest BCUT2D eigenvalue weighted by atomic mass is 9.98. The number of aromatic nitrogens is 2. The number of nitrogens with zero attached hydrogens (tertiary/aromatic N) is 1. The van der Waals surface area contributed by atoms with Gasteiger partial charge in [-0.2, -0.15) is 4.31 Å². The van der Waals surface area contributed by atoms with Gasteiger partial charge in [-0.1, -0.05) is 0 Å². The first-order valence-electron chi connectivity index (χ1n) is 7.80. The molecule has 8 nitrogen and oxygen atoms in total. The van der Waals surface area contributed by atoms with Gasteiger partial charge < -0.3 is 14.7 Å². The number of imidazole rings is 1. The van der Waals surface area contributed by atoms with Crippen LogP contribution in [0, 0.1) is 5.92 Å². The molecular weight excluding hydrogens is 334 g/mol. The van der Waals surface area contributed by atoms with Crippen LogP contribution in [0.2, 0.25) is 0 Å². The second-order valence-electron chi connectivity index (χ2n) is 5.72. The van der Waals surface area contributed by atoms with E-state index in [9.17, 15) is 18.0 Å². The Morgan fingerprint density at radius 3 is 2.58 bits per heavy atom. The highest BCUT2D eigenvalue weighted by atomic mass is 32.2. The minimum Gasteiger partial charge on any atom is -0.466 e. The molecule has 9 heteroatoms. The van der Waals surface area contributed by atoms with Crippen LogP contribution in [0.15, 0.2) is 27.9 Å². The minimum absolute atomic E-state index is 0.125. The number of hydrogen-bond acceptors (Lipinski definition) is 5. The number of aromatic amines is 2. The van der Waals surface area contributed by atoms with E-state index in [0.29, 0.717) is 30.5 Å². The number of carbonyl (C=O) groups is 1. The second-order valence-corrected chi connectivity index (χ2v) is 7.65. The summed E-state index contributed by atoms with van der Waals surface area (Å²) in [6.07, 6.45) is 0.891. The average Bonchev–Trinajstić information content (AvgIpc) is 2.94. The number of carbonyl (C=O) groups excluding carboxylic acids is 1. The van der Waals surface area contributed by atoms with Crippen molar-refractivity contribution in [2.45, 2.75) is 24.7 Å². The molecule has 0 unspecified atom stereocenters. The normalized spacial score (nSPS) is 17.2. The summed E-state index contributed by atoms with van der Waals surface area (Å²) in [5, 5.41) is 0. The summed E-state index contributed by atoms with van der Waals surface area (Å²) >= 11 is 0. The summed E-state index contributed by atoms with van der Waals surface area (Å²) in [5.41, 5.74) is 0.622. The predicted molar refractivity (Wildman–Crippen MR) is 87.0 cm³/mol. The summed E-state index contributed by atoms with van der Waals surface area (Å²) < 4.78 is 31.9. The fraction of sp³-hybridized carbons (Fsp3) is 0.467. The van der Waals surface area contributed by atoms with Crippen molar-refractivity contribution in [3.63, 3.8) is 0 Å². The highest BCUT2D eigenvalue weighted by Gasteiger charge is 2.32. The van der Waals surface area contributed by atoms with E-state index in [4.69, 9.17) is 4.74 Å². The molecule has 24 heavy (non-hydrogen) atoms. The molecule has 0 amide bonds. The van der Waals surface area contributed by atoms with Gasteiger partial charge in [0.2, 0.25) is 10.0 Å². The Morgan fingerprint density at radius 1 is 1.25 bits per heavy atom. The first-order valence-corrected chi connectivity index (χ1v) is 9.24. The van der Waals surface area contributed by atoms with Gasteiger partial charge in [0.1, 0.15) is 0 Å². The van der Waals surface area contributed by atoms with Crippen LogP contribution < -0.4 is 5.69 Å². The lowest BCUT2D eigenvalue weighted by molar-refractivity contribution is -0.149.